The van der Waals surface area contributed by atoms with Crippen LogP contribution in [-0.2, 0) is 10.3 Å². The Kier molecular flexibility index (Phi) is 3.68. The first-order valence-corrected chi connectivity index (χ1v) is 7.56. The van der Waals surface area contributed by atoms with E-state index in [1.54, 1.807) is 0 Å². The van der Waals surface area contributed by atoms with Gasteiger partial charge in [-0.3, -0.25) is 9.69 Å². The number of carboxylic acid groups (broad SMARTS) is 1. The van der Waals surface area contributed by atoms with Crippen LogP contribution < -0.4 is 0 Å². The fourth-order valence-corrected chi connectivity index (χ4v) is 3.43. The van der Waals surface area contributed by atoms with Crippen molar-refractivity contribution in [3.05, 3.63) is 48.0 Å². The summed E-state index contributed by atoms with van der Waals surface area (Å²) in [5, 5.41) is 11.7. The number of fused-ring (bicyclic) bond motifs is 1. The predicted octanol–water partition coefficient (Wildman–Crippen LogP) is 3.63. The van der Waals surface area contributed by atoms with E-state index >= 15 is 0 Å². The van der Waals surface area contributed by atoms with E-state index in [1.807, 2.05) is 12.1 Å². The molecule has 1 unspecified atom stereocenters. The van der Waals surface area contributed by atoms with E-state index in [0.29, 0.717) is 0 Å². The summed E-state index contributed by atoms with van der Waals surface area (Å²) in [6, 6.07) is 14.6. The molecule has 0 bridgehead atoms. The van der Waals surface area contributed by atoms with Crippen LogP contribution in [0.5, 0.6) is 0 Å². The molecular weight excluding hydrogens is 262 g/mol. The molecule has 3 nitrogen and oxygen atoms in total. The Morgan fingerprint density at radius 1 is 1.14 bits per heavy atom. The molecule has 21 heavy (non-hydrogen) atoms. The number of hydrogen-bond donors (Lipinski definition) is 1. The Bertz CT molecular complexity index is 661. The number of nitrogens with zero attached hydrogens (tertiary/aromatic N) is 1. The molecule has 1 saturated heterocycles. The van der Waals surface area contributed by atoms with Gasteiger partial charge >= 0.3 is 5.97 Å². The minimum atomic E-state index is -0.738. The second-order valence-corrected chi connectivity index (χ2v) is 6.10. The second kappa shape index (κ2) is 5.49. The van der Waals surface area contributed by atoms with Gasteiger partial charge in [0.2, 0.25) is 0 Å². The van der Waals surface area contributed by atoms with Gasteiger partial charge in [0.05, 0.1) is 12.0 Å². The molecule has 1 N–H and O–H groups in total. The molecule has 1 heterocycles. The van der Waals surface area contributed by atoms with Crippen molar-refractivity contribution in [2.24, 2.45) is 0 Å². The van der Waals surface area contributed by atoms with Crippen LogP contribution >= 0.6 is 0 Å². The molecule has 1 fully saturated rings. The third kappa shape index (κ3) is 2.66. The summed E-state index contributed by atoms with van der Waals surface area (Å²) in [5.41, 5.74) is 0.678. The molecule has 0 spiro atoms. The maximum absolute atomic E-state index is 11.4. The minimum Gasteiger partial charge on any atom is -0.481 e. The van der Waals surface area contributed by atoms with Gasteiger partial charge in [0.25, 0.3) is 0 Å². The van der Waals surface area contributed by atoms with Crippen molar-refractivity contribution in [1.82, 2.24) is 4.90 Å². The Labute approximate surface area is 125 Å². The number of hydrogen-bond acceptors (Lipinski definition) is 2. The normalized spacial score (nSPS) is 18.7. The van der Waals surface area contributed by atoms with E-state index in [4.69, 9.17) is 0 Å². The molecule has 2 aromatic rings. The summed E-state index contributed by atoms with van der Waals surface area (Å²) in [4.78, 5) is 13.7. The smallest absolute Gasteiger partial charge is 0.305 e. The largest absolute Gasteiger partial charge is 0.481 e. The van der Waals surface area contributed by atoms with Crippen molar-refractivity contribution >= 4 is 16.7 Å². The molecule has 1 aliphatic heterocycles. The minimum absolute atomic E-state index is 0.144. The fraction of sp³-hybridized carbons (Fsp3) is 0.389. The van der Waals surface area contributed by atoms with Gasteiger partial charge in [-0.05, 0) is 55.3 Å². The average molecular weight is 283 g/mol. The summed E-state index contributed by atoms with van der Waals surface area (Å²) >= 11 is 0. The summed E-state index contributed by atoms with van der Waals surface area (Å²) < 4.78 is 0. The lowest BCUT2D eigenvalue weighted by atomic mass is 9.85. The van der Waals surface area contributed by atoms with Crippen LogP contribution in [-0.4, -0.2) is 29.1 Å². The lowest BCUT2D eigenvalue weighted by molar-refractivity contribution is -0.140. The van der Waals surface area contributed by atoms with Crippen molar-refractivity contribution in [1.29, 1.82) is 0 Å². The van der Waals surface area contributed by atoms with E-state index in [1.165, 1.54) is 10.8 Å². The molecule has 0 saturated carbocycles. The number of aliphatic carboxylic acids is 1. The van der Waals surface area contributed by atoms with Gasteiger partial charge < -0.3 is 5.11 Å². The number of likely N-dealkylation sites (tertiary alicyclic amines) is 1. The van der Waals surface area contributed by atoms with E-state index in [-0.39, 0.29) is 6.42 Å². The van der Waals surface area contributed by atoms with Crippen molar-refractivity contribution in [3.63, 3.8) is 0 Å². The standard InChI is InChI=1S/C18H21NO2/c1-18(13-17(20)21,19-10-4-5-11-19)16-9-8-14-6-2-3-7-15(14)12-16/h2-3,6-9,12H,4-5,10-11,13H2,1H3,(H,20,21). The molecule has 0 amide bonds. The molecule has 1 aliphatic rings. The van der Waals surface area contributed by atoms with Crippen molar-refractivity contribution in [2.75, 3.05) is 13.1 Å². The average Bonchev–Trinajstić information content (AvgIpc) is 3.01. The highest BCUT2D eigenvalue weighted by molar-refractivity contribution is 5.83. The highest BCUT2D eigenvalue weighted by Crippen LogP contribution is 2.36. The van der Waals surface area contributed by atoms with E-state index < -0.39 is 11.5 Å². The quantitative estimate of drug-likeness (QED) is 0.931. The first kappa shape index (κ1) is 14.1. The Morgan fingerprint density at radius 3 is 2.48 bits per heavy atom. The van der Waals surface area contributed by atoms with Crippen molar-refractivity contribution in [3.8, 4) is 0 Å². The molecule has 3 heteroatoms. The van der Waals surface area contributed by atoms with Gasteiger partial charge in [0.15, 0.2) is 0 Å². The van der Waals surface area contributed by atoms with Crippen LogP contribution in [0.25, 0.3) is 10.8 Å². The third-order valence-electron chi connectivity index (χ3n) is 4.67. The summed E-state index contributed by atoms with van der Waals surface area (Å²) in [6.45, 7) is 4.03. The zero-order valence-corrected chi connectivity index (χ0v) is 12.4. The van der Waals surface area contributed by atoms with Crippen LogP contribution in [0.1, 0.15) is 31.7 Å². The number of rotatable bonds is 4. The molecule has 0 radical (unpaired) electrons. The maximum Gasteiger partial charge on any atom is 0.305 e. The first-order chi connectivity index (χ1) is 10.1. The lowest BCUT2D eigenvalue weighted by Gasteiger charge is -2.38. The highest BCUT2D eigenvalue weighted by Gasteiger charge is 2.37. The van der Waals surface area contributed by atoms with Crippen LogP contribution in [0.2, 0.25) is 0 Å². The summed E-state index contributed by atoms with van der Waals surface area (Å²) in [7, 11) is 0. The monoisotopic (exact) mass is 283 g/mol. The Morgan fingerprint density at radius 2 is 1.81 bits per heavy atom. The zero-order chi connectivity index (χ0) is 14.9. The Hall–Kier alpha value is -1.87. The number of carbonyl (C=O) groups is 1. The van der Waals surface area contributed by atoms with Crippen LogP contribution in [0.15, 0.2) is 42.5 Å². The molecule has 0 aliphatic carbocycles. The first-order valence-electron chi connectivity index (χ1n) is 7.56. The van der Waals surface area contributed by atoms with Crippen molar-refractivity contribution in [2.45, 2.75) is 31.7 Å². The van der Waals surface area contributed by atoms with Gasteiger partial charge in [-0.25, -0.2) is 0 Å². The van der Waals surface area contributed by atoms with Gasteiger partial charge in [-0.1, -0.05) is 36.4 Å². The van der Waals surface area contributed by atoms with Gasteiger partial charge in [-0.2, -0.15) is 0 Å². The van der Waals surface area contributed by atoms with E-state index in [2.05, 4.69) is 42.2 Å². The predicted molar refractivity (Wildman–Crippen MR) is 84.4 cm³/mol. The Balaban J connectivity index is 2.06. The summed E-state index contributed by atoms with van der Waals surface area (Å²) in [5.74, 6) is -0.738. The molecular formula is C18H21NO2. The molecule has 1 atom stereocenters. The van der Waals surface area contributed by atoms with Crippen molar-refractivity contribution < 1.29 is 9.90 Å². The summed E-state index contributed by atoms with van der Waals surface area (Å²) in [6.07, 6.45) is 2.46. The maximum atomic E-state index is 11.4. The third-order valence-corrected chi connectivity index (χ3v) is 4.67. The molecule has 2 aromatic carbocycles. The fourth-order valence-electron chi connectivity index (χ4n) is 3.43. The van der Waals surface area contributed by atoms with E-state index in [0.717, 1.165) is 31.5 Å². The number of carboxylic acids is 1. The number of benzene rings is 2. The van der Waals surface area contributed by atoms with Crippen LogP contribution in [0.3, 0.4) is 0 Å². The topological polar surface area (TPSA) is 40.5 Å². The van der Waals surface area contributed by atoms with Gasteiger partial charge in [-0.15, -0.1) is 0 Å². The molecule has 110 valence electrons. The zero-order valence-electron chi connectivity index (χ0n) is 12.4. The second-order valence-electron chi connectivity index (χ2n) is 6.10. The highest BCUT2D eigenvalue weighted by atomic mass is 16.4. The van der Waals surface area contributed by atoms with Gasteiger partial charge in [0, 0.05) is 0 Å². The SMILES string of the molecule is CC(CC(=O)O)(c1ccc2ccccc2c1)N1CCCC1. The van der Waals surface area contributed by atoms with E-state index in [9.17, 15) is 9.90 Å². The molecule has 3 rings (SSSR count). The van der Waals surface area contributed by atoms with Gasteiger partial charge in [0.1, 0.15) is 0 Å². The van der Waals surface area contributed by atoms with Crippen LogP contribution in [0.4, 0.5) is 0 Å². The lowest BCUT2D eigenvalue weighted by Crippen LogP contribution is -2.43. The molecule has 0 aromatic heterocycles. The van der Waals surface area contributed by atoms with Crippen LogP contribution in [0, 0.1) is 0 Å².